The topological polar surface area (TPSA) is 43.6 Å². The van der Waals surface area contributed by atoms with Gasteiger partial charge in [0.05, 0.1) is 23.2 Å². The van der Waals surface area contributed by atoms with Gasteiger partial charge in [-0.05, 0) is 50.1 Å². The summed E-state index contributed by atoms with van der Waals surface area (Å²) in [5.74, 6) is 0.682. The van der Waals surface area contributed by atoms with Crippen molar-refractivity contribution in [2.45, 2.75) is 33.7 Å². The van der Waals surface area contributed by atoms with Crippen LogP contribution in [0.15, 0.2) is 54.0 Å². The quantitative estimate of drug-likeness (QED) is 0.588. The van der Waals surface area contributed by atoms with Gasteiger partial charge in [0.15, 0.2) is 4.80 Å². The molecule has 3 rings (SSSR count). The van der Waals surface area contributed by atoms with E-state index in [0.717, 1.165) is 27.1 Å². The summed E-state index contributed by atoms with van der Waals surface area (Å²) in [7, 11) is 0. The molecule has 5 heteroatoms. The van der Waals surface area contributed by atoms with Crippen molar-refractivity contribution in [2.75, 3.05) is 6.61 Å². The lowest BCUT2D eigenvalue weighted by atomic mass is 10.0. The Morgan fingerprint density at radius 3 is 2.78 bits per heavy atom. The van der Waals surface area contributed by atoms with Crippen LogP contribution in [0.4, 0.5) is 0 Å². The number of thiazole rings is 1. The first-order chi connectivity index (χ1) is 13.0. The van der Waals surface area contributed by atoms with Gasteiger partial charge in [0, 0.05) is 6.54 Å². The third-order valence-corrected chi connectivity index (χ3v) is 5.38. The molecule has 140 valence electrons. The molecule has 0 aliphatic heterocycles. The van der Waals surface area contributed by atoms with Gasteiger partial charge in [-0.15, -0.1) is 6.58 Å². The van der Waals surface area contributed by atoms with Crippen molar-refractivity contribution >= 4 is 27.5 Å². The van der Waals surface area contributed by atoms with Crippen LogP contribution >= 0.6 is 11.3 Å². The van der Waals surface area contributed by atoms with Crippen molar-refractivity contribution in [3.05, 3.63) is 70.5 Å². The average molecular weight is 381 g/mol. The summed E-state index contributed by atoms with van der Waals surface area (Å²) in [5.41, 5.74) is 4.36. The summed E-state index contributed by atoms with van der Waals surface area (Å²) < 4.78 is 8.64. The Bertz CT molecular complexity index is 1060. The monoisotopic (exact) mass is 380 g/mol. The highest BCUT2D eigenvalue weighted by atomic mass is 32.1. The molecule has 4 nitrogen and oxygen atoms in total. The minimum absolute atomic E-state index is 0.142. The maximum atomic E-state index is 12.6. The third-order valence-electron chi connectivity index (χ3n) is 4.34. The number of fused-ring (bicyclic) bond motifs is 1. The van der Waals surface area contributed by atoms with Crippen molar-refractivity contribution < 1.29 is 9.53 Å². The summed E-state index contributed by atoms with van der Waals surface area (Å²) in [5, 5.41) is 0. The molecule has 1 amide bonds. The molecular weight excluding hydrogens is 356 g/mol. The zero-order chi connectivity index (χ0) is 19.4. The molecule has 3 aromatic rings. The number of hydrogen-bond donors (Lipinski definition) is 0. The zero-order valence-electron chi connectivity index (χ0n) is 16.0. The molecule has 0 radical (unpaired) electrons. The molecule has 0 fully saturated rings. The molecule has 27 heavy (non-hydrogen) atoms. The van der Waals surface area contributed by atoms with E-state index in [0.29, 0.717) is 24.4 Å². The van der Waals surface area contributed by atoms with E-state index in [9.17, 15) is 4.79 Å². The minimum Gasteiger partial charge on any atom is -0.494 e. The Hall–Kier alpha value is -2.66. The summed E-state index contributed by atoms with van der Waals surface area (Å²) in [4.78, 5) is 17.7. The van der Waals surface area contributed by atoms with E-state index in [1.165, 1.54) is 16.9 Å². The van der Waals surface area contributed by atoms with Crippen molar-refractivity contribution in [1.29, 1.82) is 0 Å². The lowest BCUT2D eigenvalue weighted by Gasteiger charge is -2.05. The van der Waals surface area contributed by atoms with E-state index in [1.807, 2.05) is 54.8 Å². The second-order valence-corrected chi connectivity index (χ2v) is 7.47. The summed E-state index contributed by atoms with van der Waals surface area (Å²) in [6.45, 7) is 11.1. The maximum Gasteiger partial charge on any atom is 0.252 e. The number of aromatic nitrogens is 1. The summed E-state index contributed by atoms with van der Waals surface area (Å²) in [6, 6.07) is 12.1. The van der Waals surface area contributed by atoms with Gasteiger partial charge in [-0.25, -0.2) is 0 Å². The second kappa shape index (κ2) is 8.35. The number of benzene rings is 2. The highest BCUT2D eigenvalue weighted by Crippen LogP contribution is 2.23. The van der Waals surface area contributed by atoms with Crippen molar-refractivity contribution in [2.24, 2.45) is 4.99 Å². The average Bonchev–Trinajstić information content (AvgIpc) is 2.95. The van der Waals surface area contributed by atoms with E-state index in [4.69, 9.17) is 4.74 Å². The Balaban J connectivity index is 1.99. The number of allylic oxidation sites excluding steroid dienone is 1. The number of amides is 1. The van der Waals surface area contributed by atoms with E-state index in [-0.39, 0.29) is 5.91 Å². The number of carbonyl (C=O) groups excluding carboxylic acids is 1. The van der Waals surface area contributed by atoms with Crippen LogP contribution in [0.25, 0.3) is 10.2 Å². The first-order valence-electron chi connectivity index (χ1n) is 9.02. The molecule has 0 spiro atoms. The molecule has 0 aliphatic rings. The Labute approximate surface area is 163 Å². The standard InChI is InChI=1S/C22H24N2O2S/c1-5-11-24-19-10-9-18(26-6-2)14-20(19)27-22(24)23-21(25)13-17-8-7-15(3)12-16(17)4/h5,7-10,12,14H,1,6,11,13H2,2-4H3. The van der Waals surface area contributed by atoms with Crippen LogP contribution in [-0.2, 0) is 17.8 Å². The molecule has 0 unspecified atom stereocenters. The smallest absolute Gasteiger partial charge is 0.252 e. The lowest BCUT2D eigenvalue weighted by Crippen LogP contribution is -2.17. The molecular formula is C22H24N2O2S. The van der Waals surface area contributed by atoms with Gasteiger partial charge in [0.25, 0.3) is 5.91 Å². The van der Waals surface area contributed by atoms with Gasteiger partial charge in [-0.2, -0.15) is 4.99 Å². The number of carbonyl (C=O) groups is 1. The van der Waals surface area contributed by atoms with E-state index in [1.54, 1.807) is 0 Å². The van der Waals surface area contributed by atoms with Gasteiger partial charge in [0.1, 0.15) is 5.75 Å². The summed E-state index contributed by atoms with van der Waals surface area (Å²) in [6.07, 6.45) is 2.12. The summed E-state index contributed by atoms with van der Waals surface area (Å²) >= 11 is 1.50. The second-order valence-electron chi connectivity index (χ2n) is 6.46. The molecule has 2 aromatic carbocycles. The van der Waals surface area contributed by atoms with Gasteiger partial charge in [-0.3, -0.25) is 4.79 Å². The fourth-order valence-electron chi connectivity index (χ4n) is 3.05. The fraction of sp³-hybridized carbons (Fsp3) is 0.273. The highest BCUT2D eigenvalue weighted by molar-refractivity contribution is 7.16. The number of nitrogens with zero attached hydrogens (tertiary/aromatic N) is 2. The molecule has 0 atom stereocenters. The van der Waals surface area contributed by atoms with Crippen LogP contribution < -0.4 is 9.54 Å². The van der Waals surface area contributed by atoms with Gasteiger partial charge in [0.2, 0.25) is 0 Å². The van der Waals surface area contributed by atoms with Crippen LogP contribution in [0.5, 0.6) is 5.75 Å². The normalized spacial score (nSPS) is 11.7. The molecule has 1 heterocycles. The van der Waals surface area contributed by atoms with E-state index < -0.39 is 0 Å². The minimum atomic E-state index is -0.142. The largest absolute Gasteiger partial charge is 0.494 e. The molecule has 1 aromatic heterocycles. The highest BCUT2D eigenvalue weighted by Gasteiger charge is 2.10. The van der Waals surface area contributed by atoms with Crippen LogP contribution in [0.3, 0.4) is 0 Å². The number of aryl methyl sites for hydroxylation is 2. The Morgan fingerprint density at radius 1 is 1.26 bits per heavy atom. The third kappa shape index (κ3) is 4.37. The number of ether oxygens (including phenoxy) is 1. The zero-order valence-corrected chi connectivity index (χ0v) is 16.8. The SMILES string of the molecule is C=CCn1c(=NC(=O)Cc2ccc(C)cc2C)sc2cc(OCC)ccc21. The number of hydrogen-bond acceptors (Lipinski definition) is 3. The van der Waals surface area contributed by atoms with Crippen molar-refractivity contribution in [1.82, 2.24) is 4.57 Å². The van der Waals surface area contributed by atoms with E-state index in [2.05, 4.69) is 24.6 Å². The van der Waals surface area contributed by atoms with E-state index >= 15 is 0 Å². The molecule has 0 aliphatic carbocycles. The van der Waals surface area contributed by atoms with Gasteiger partial charge in [-0.1, -0.05) is 41.2 Å². The fourth-order valence-corrected chi connectivity index (χ4v) is 4.14. The molecule has 0 saturated carbocycles. The van der Waals surface area contributed by atoms with Gasteiger partial charge >= 0.3 is 0 Å². The first kappa shape index (κ1) is 19.1. The lowest BCUT2D eigenvalue weighted by molar-refractivity contribution is -0.117. The Kier molecular flexibility index (Phi) is 5.91. The van der Waals surface area contributed by atoms with Crippen LogP contribution in [-0.4, -0.2) is 17.1 Å². The number of rotatable bonds is 6. The molecule has 0 N–H and O–H groups in total. The van der Waals surface area contributed by atoms with Crippen LogP contribution in [0.2, 0.25) is 0 Å². The van der Waals surface area contributed by atoms with Crippen LogP contribution in [0.1, 0.15) is 23.6 Å². The maximum absolute atomic E-state index is 12.6. The van der Waals surface area contributed by atoms with Crippen LogP contribution in [0, 0.1) is 13.8 Å². The molecule has 0 saturated heterocycles. The molecule has 0 bridgehead atoms. The van der Waals surface area contributed by atoms with Gasteiger partial charge < -0.3 is 9.30 Å². The van der Waals surface area contributed by atoms with Crippen molar-refractivity contribution in [3.8, 4) is 5.75 Å². The predicted molar refractivity (Wildman–Crippen MR) is 111 cm³/mol. The predicted octanol–water partition coefficient (Wildman–Crippen LogP) is 4.57. The first-order valence-corrected chi connectivity index (χ1v) is 9.84. The Morgan fingerprint density at radius 2 is 2.07 bits per heavy atom. The van der Waals surface area contributed by atoms with Crippen molar-refractivity contribution in [3.63, 3.8) is 0 Å².